The second-order valence-electron chi connectivity index (χ2n) is 4.49. The summed E-state index contributed by atoms with van der Waals surface area (Å²) in [5.74, 6) is 1.74. The highest BCUT2D eigenvalue weighted by Gasteiger charge is 2.26. The van der Waals surface area contributed by atoms with Gasteiger partial charge in [-0.1, -0.05) is 6.92 Å². The van der Waals surface area contributed by atoms with E-state index in [2.05, 4.69) is 34.2 Å². The summed E-state index contributed by atoms with van der Waals surface area (Å²) in [5, 5.41) is 3.55. The van der Waals surface area contributed by atoms with Gasteiger partial charge in [-0.2, -0.15) is 0 Å². The second-order valence-corrected chi connectivity index (χ2v) is 5.29. The van der Waals surface area contributed by atoms with E-state index >= 15 is 0 Å². The van der Waals surface area contributed by atoms with Gasteiger partial charge in [0.2, 0.25) is 6.79 Å². The van der Waals surface area contributed by atoms with Gasteiger partial charge in [0.25, 0.3) is 0 Å². The number of fused-ring (bicyclic) bond motifs is 1. The van der Waals surface area contributed by atoms with Gasteiger partial charge in [-0.25, -0.2) is 0 Å². The van der Waals surface area contributed by atoms with E-state index in [1.54, 1.807) is 0 Å². The fourth-order valence-electron chi connectivity index (χ4n) is 2.68. The van der Waals surface area contributed by atoms with Crippen LogP contribution in [0.4, 0.5) is 0 Å². The van der Waals surface area contributed by atoms with E-state index in [9.17, 15) is 0 Å². The van der Waals surface area contributed by atoms with Crippen molar-refractivity contribution in [2.24, 2.45) is 0 Å². The highest BCUT2D eigenvalue weighted by Crippen LogP contribution is 2.45. The lowest BCUT2D eigenvalue weighted by Crippen LogP contribution is -2.15. The molecule has 2 aliphatic heterocycles. The third-order valence-corrected chi connectivity index (χ3v) is 4.37. The summed E-state index contributed by atoms with van der Waals surface area (Å²) >= 11 is 3.66. The third kappa shape index (κ3) is 1.83. The van der Waals surface area contributed by atoms with Gasteiger partial charge in [0.15, 0.2) is 11.5 Å². The quantitative estimate of drug-likeness (QED) is 0.909. The molecule has 0 aromatic heterocycles. The molecule has 1 aromatic carbocycles. The van der Waals surface area contributed by atoms with E-state index in [4.69, 9.17) is 9.47 Å². The maximum Gasteiger partial charge on any atom is 0.231 e. The first-order valence-corrected chi connectivity index (χ1v) is 6.94. The standard InChI is InChI=1S/C13H16BrNO2/c1-2-8-9(10-4-3-5-15-10)6-11-13(12(8)14)17-7-16-11/h6,10,15H,2-5,7H2,1H3. The normalized spacial score (nSPS) is 22.1. The zero-order valence-electron chi connectivity index (χ0n) is 9.88. The molecule has 1 aromatic rings. The molecule has 0 spiro atoms. The molecule has 0 amide bonds. The average Bonchev–Trinajstić information content (AvgIpc) is 2.99. The topological polar surface area (TPSA) is 30.5 Å². The van der Waals surface area contributed by atoms with Crippen LogP contribution >= 0.6 is 15.9 Å². The van der Waals surface area contributed by atoms with Crippen LogP contribution in [0.15, 0.2) is 10.5 Å². The predicted octanol–water partition coefficient (Wildman–Crippen LogP) is 3.16. The van der Waals surface area contributed by atoms with Crippen molar-refractivity contribution in [1.29, 1.82) is 0 Å². The summed E-state index contributed by atoms with van der Waals surface area (Å²) in [5.41, 5.74) is 2.70. The lowest BCUT2D eigenvalue weighted by atomic mass is 9.96. The number of nitrogens with one attached hydrogen (secondary N) is 1. The zero-order valence-corrected chi connectivity index (χ0v) is 11.5. The van der Waals surface area contributed by atoms with Crippen molar-refractivity contribution in [2.75, 3.05) is 13.3 Å². The summed E-state index contributed by atoms with van der Waals surface area (Å²) in [6, 6.07) is 2.62. The highest BCUT2D eigenvalue weighted by atomic mass is 79.9. The van der Waals surface area contributed by atoms with Crippen LogP contribution in [0.2, 0.25) is 0 Å². The monoisotopic (exact) mass is 297 g/mol. The molecule has 4 heteroatoms. The fraction of sp³-hybridized carbons (Fsp3) is 0.538. The molecule has 0 aliphatic carbocycles. The van der Waals surface area contributed by atoms with E-state index in [1.165, 1.54) is 24.0 Å². The van der Waals surface area contributed by atoms with Crippen molar-refractivity contribution in [3.63, 3.8) is 0 Å². The van der Waals surface area contributed by atoms with Crippen LogP contribution in [-0.4, -0.2) is 13.3 Å². The van der Waals surface area contributed by atoms with Gasteiger partial charge in [-0.05, 0) is 58.9 Å². The Morgan fingerprint density at radius 3 is 3.06 bits per heavy atom. The van der Waals surface area contributed by atoms with Gasteiger partial charge in [0.05, 0.1) is 4.47 Å². The number of rotatable bonds is 2. The van der Waals surface area contributed by atoms with Crippen molar-refractivity contribution in [3.8, 4) is 11.5 Å². The smallest absolute Gasteiger partial charge is 0.231 e. The molecule has 17 heavy (non-hydrogen) atoms. The van der Waals surface area contributed by atoms with Crippen LogP contribution in [0, 0.1) is 0 Å². The van der Waals surface area contributed by atoms with Crippen LogP contribution in [0.25, 0.3) is 0 Å². The Labute approximate surface area is 110 Å². The zero-order chi connectivity index (χ0) is 11.8. The van der Waals surface area contributed by atoms with Gasteiger partial charge < -0.3 is 14.8 Å². The largest absolute Gasteiger partial charge is 0.454 e. The second kappa shape index (κ2) is 4.50. The Bertz CT molecular complexity index is 442. The summed E-state index contributed by atoms with van der Waals surface area (Å²) in [6.45, 7) is 3.62. The lowest BCUT2D eigenvalue weighted by Gasteiger charge is -2.18. The molecular weight excluding hydrogens is 282 g/mol. The van der Waals surface area contributed by atoms with E-state index in [0.29, 0.717) is 12.8 Å². The Morgan fingerprint density at radius 2 is 2.35 bits per heavy atom. The first-order valence-electron chi connectivity index (χ1n) is 6.15. The highest BCUT2D eigenvalue weighted by molar-refractivity contribution is 9.10. The van der Waals surface area contributed by atoms with Crippen molar-refractivity contribution < 1.29 is 9.47 Å². The number of hydrogen-bond donors (Lipinski definition) is 1. The maximum absolute atomic E-state index is 5.50. The molecule has 2 heterocycles. The Hall–Kier alpha value is -0.740. The van der Waals surface area contributed by atoms with Crippen LogP contribution in [0.3, 0.4) is 0 Å². The lowest BCUT2D eigenvalue weighted by molar-refractivity contribution is 0.173. The van der Waals surface area contributed by atoms with Crippen LogP contribution < -0.4 is 14.8 Å². The average molecular weight is 298 g/mol. The summed E-state index contributed by atoms with van der Waals surface area (Å²) < 4.78 is 12.1. The molecule has 3 rings (SSSR count). The van der Waals surface area contributed by atoms with Crippen LogP contribution in [0.1, 0.15) is 36.9 Å². The summed E-state index contributed by atoms with van der Waals surface area (Å²) in [4.78, 5) is 0. The van der Waals surface area contributed by atoms with Crippen molar-refractivity contribution in [2.45, 2.75) is 32.2 Å². The van der Waals surface area contributed by atoms with E-state index in [-0.39, 0.29) is 0 Å². The molecule has 92 valence electrons. The van der Waals surface area contributed by atoms with Crippen molar-refractivity contribution in [1.82, 2.24) is 5.32 Å². The minimum atomic E-state index is 0.332. The minimum absolute atomic E-state index is 0.332. The fourth-order valence-corrected chi connectivity index (χ4v) is 3.50. The number of benzene rings is 1. The first kappa shape index (κ1) is 11.4. The summed E-state index contributed by atoms with van der Waals surface area (Å²) in [6.07, 6.45) is 3.46. The van der Waals surface area contributed by atoms with Crippen molar-refractivity contribution >= 4 is 15.9 Å². The van der Waals surface area contributed by atoms with Crippen LogP contribution in [-0.2, 0) is 6.42 Å². The summed E-state index contributed by atoms with van der Waals surface area (Å²) in [7, 11) is 0. The molecule has 1 saturated heterocycles. The van der Waals surface area contributed by atoms with Gasteiger partial charge >= 0.3 is 0 Å². The molecule has 0 saturated carbocycles. The molecule has 1 fully saturated rings. The first-order chi connectivity index (χ1) is 8.31. The van der Waals surface area contributed by atoms with Crippen molar-refractivity contribution in [3.05, 3.63) is 21.7 Å². The van der Waals surface area contributed by atoms with E-state index in [0.717, 1.165) is 28.9 Å². The minimum Gasteiger partial charge on any atom is -0.454 e. The molecule has 1 N–H and O–H groups in total. The number of hydrogen-bond acceptors (Lipinski definition) is 3. The predicted molar refractivity (Wildman–Crippen MR) is 69.6 cm³/mol. The van der Waals surface area contributed by atoms with Gasteiger partial charge in [-0.3, -0.25) is 0 Å². The molecule has 1 unspecified atom stereocenters. The molecular formula is C13H16BrNO2. The Balaban J connectivity index is 2.10. The molecule has 2 aliphatic rings. The van der Waals surface area contributed by atoms with Crippen LogP contribution in [0.5, 0.6) is 11.5 Å². The molecule has 0 bridgehead atoms. The number of ether oxygens (including phenoxy) is 2. The van der Waals surface area contributed by atoms with Gasteiger partial charge in [0, 0.05) is 6.04 Å². The number of halogens is 1. The van der Waals surface area contributed by atoms with Gasteiger partial charge in [-0.15, -0.1) is 0 Å². The Morgan fingerprint density at radius 1 is 1.47 bits per heavy atom. The van der Waals surface area contributed by atoms with Gasteiger partial charge in [0.1, 0.15) is 0 Å². The van der Waals surface area contributed by atoms with E-state index < -0.39 is 0 Å². The third-order valence-electron chi connectivity index (χ3n) is 3.53. The molecule has 3 nitrogen and oxygen atoms in total. The maximum atomic E-state index is 5.50. The SMILES string of the molecule is CCc1c(C2CCCN2)cc2c(c1Br)OCO2. The Kier molecular flexibility index (Phi) is 3.01. The molecule has 0 radical (unpaired) electrons. The van der Waals surface area contributed by atoms with E-state index in [1.807, 2.05) is 0 Å². The molecule has 1 atom stereocenters.